The van der Waals surface area contributed by atoms with Crippen LogP contribution in [-0.2, 0) is 13.6 Å². The van der Waals surface area contributed by atoms with E-state index in [9.17, 15) is 0 Å². The Kier molecular flexibility index (Phi) is 3.01. The Labute approximate surface area is 95.3 Å². The zero-order valence-electron chi connectivity index (χ0n) is 9.86. The standard InChI is InChI=1S/C12H16N4/c1-9-5-4-6-10(7-9)12-14-11(8-13-2)16(3)15-12/h4-7,13H,8H2,1-3H3. The summed E-state index contributed by atoms with van der Waals surface area (Å²) in [6.45, 7) is 2.80. The molecule has 0 bridgehead atoms. The van der Waals surface area contributed by atoms with Gasteiger partial charge in [-0.15, -0.1) is 0 Å². The van der Waals surface area contributed by atoms with Crippen molar-refractivity contribution in [1.29, 1.82) is 0 Å². The van der Waals surface area contributed by atoms with E-state index < -0.39 is 0 Å². The fourth-order valence-electron chi connectivity index (χ4n) is 1.64. The Morgan fingerprint density at radius 2 is 2.19 bits per heavy atom. The van der Waals surface area contributed by atoms with E-state index in [0.29, 0.717) is 0 Å². The Morgan fingerprint density at radius 3 is 2.88 bits per heavy atom. The van der Waals surface area contributed by atoms with Gasteiger partial charge in [-0.05, 0) is 20.0 Å². The summed E-state index contributed by atoms with van der Waals surface area (Å²) in [5.74, 6) is 1.73. The topological polar surface area (TPSA) is 42.7 Å². The summed E-state index contributed by atoms with van der Waals surface area (Å²) < 4.78 is 1.81. The number of nitrogens with one attached hydrogen (secondary N) is 1. The van der Waals surface area contributed by atoms with E-state index in [1.807, 2.05) is 30.9 Å². The van der Waals surface area contributed by atoms with Gasteiger partial charge in [0.2, 0.25) is 0 Å². The maximum absolute atomic E-state index is 4.50. The van der Waals surface area contributed by atoms with Crippen LogP contribution in [0.1, 0.15) is 11.4 Å². The van der Waals surface area contributed by atoms with Crippen LogP contribution < -0.4 is 5.32 Å². The third kappa shape index (κ3) is 2.12. The average molecular weight is 216 g/mol. The second-order valence-corrected chi connectivity index (χ2v) is 3.88. The summed E-state index contributed by atoms with van der Waals surface area (Å²) in [7, 11) is 3.82. The molecule has 2 aromatic rings. The molecule has 16 heavy (non-hydrogen) atoms. The third-order valence-electron chi connectivity index (χ3n) is 2.46. The number of rotatable bonds is 3. The molecule has 0 atom stereocenters. The molecular formula is C12H16N4. The van der Waals surface area contributed by atoms with Crippen molar-refractivity contribution in [2.24, 2.45) is 7.05 Å². The first-order chi connectivity index (χ1) is 7.70. The van der Waals surface area contributed by atoms with E-state index in [-0.39, 0.29) is 0 Å². The second-order valence-electron chi connectivity index (χ2n) is 3.88. The maximum Gasteiger partial charge on any atom is 0.181 e. The van der Waals surface area contributed by atoms with E-state index in [2.05, 4.69) is 34.5 Å². The van der Waals surface area contributed by atoms with Gasteiger partial charge in [-0.25, -0.2) is 4.98 Å². The Bertz CT molecular complexity index is 488. The predicted octanol–water partition coefficient (Wildman–Crippen LogP) is 1.51. The summed E-state index contributed by atoms with van der Waals surface area (Å²) in [5.41, 5.74) is 2.29. The third-order valence-corrected chi connectivity index (χ3v) is 2.46. The Morgan fingerprint density at radius 1 is 1.38 bits per heavy atom. The van der Waals surface area contributed by atoms with Gasteiger partial charge in [0.1, 0.15) is 5.82 Å². The molecule has 2 rings (SSSR count). The number of aryl methyl sites for hydroxylation is 2. The highest BCUT2D eigenvalue weighted by Gasteiger charge is 2.08. The van der Waals surface area contributed by atoms with Crippen LogP contribution in [0.5, 0.6) is 0 Å². The lowest BCUT2D eigenvalue weighted by Gasteiger charge is -1.96. The lowest BCUT2D eigenvalue weighted by atomic mass is 10.1. The van der Waals surface area contributed by atoms with Gasteiger partial charge in [0.05, 0.1) is 6.54 Å². The van der Waals surface area contributed by atoms with Crippen molar-refractivity contribution in [1.82, 2.24) is 20.1 Å². The number of hydrogen-bond acceptors (Lipinski definition) is 3. The van der Waals surface area contributed by atoms with Gasteiger partial charge in [0.25, 0.3) is 0 Å². The molecule has 0 amide bonds. The highest BCUT2D eigenvalue weighted by atomic mass is 15.3. The van der Waals surface area contributed by atoms with Crippen molar-refractivity contribution in [3.8, 4) is 11.4 Å². The highest BCUT2D eigenvalue weighted by molar-refractivity contribution is 5.55. The largest absolute Gasteiger partial charge is 0.313 e. The van der Waals surface area contributed by atoms with Crippen molar-refractivity contribution in [2.45, 2.75) is 13.5 Å². The molecule has 0 unspecified atom stereocenters. The molecule has 1 N–H and O–H groups in total. The number of hydrogen-bond donors (Lipinski definition) is 1. The molecule has 0 aliphatic rings. The molecule has 0 spiro atoms. The van der Waals surface area contributed by atoms with E-state index in [1.165, 1.54) is 5.56 Å². The molecule has 1 aromatic heterocycles. The quantitative estimate of drug-likeness (QED) is 0.845. The minimum absolute atomic E-state index is 0.731. The monoisotopic (exact) mass is 216 g/mol. The summed E-state index contributed by atoms with van der Waals surface area (Å²) in [5, 5.41) is 7.48. The molecule has 0 saturated carbocycles. The highest BCUT2D eigenvalue weighted by Crippen LogP contribution is 2.16. The predicted molar refractivity (Wildman–Crippen MR) is 63.9 cm³/mol. The molecule has 0 fully saturated rings. The van der Waals surface area contributed by atoms with Crippen LogP contribution in [-0.4, -0.2) is 21.8 Å². The normalized spacial score (nSPS) is 10.7. The number of benzene rings is 1. The molecule has 1 aromatic carbocycles. The molecule has 4 nitrogen and oxygen atoms in total. The van der Waals surface area contributed by atoms with Gasteiger partial charge in [-0.3, -0.25) is 4.68 Å². The smallest absolute Gasteiger partial charge is 0.181 e. The lowest BCUT2D eigenvalue weighted by molar-refractivity contribution is 0.660. The SMILES string of the molecule is CNCc1nc(-c2cccc(C)c2)nn1C. The van der Waals surface area contributed by atoms with Crippen molar-refractivity contribution in [3.05, 3.63) is 35.7 Å². The van der Waals surface area contributed by atoms with Crippen molar-refractivity contribution < 1.29 is 0 Å². The van der Waals surface area contributed by atoms with Gasteiger partial charge < -0.3 is 5.32 Å². The number of nitrogens with zero attached hydrogens (tertiary/aromatic N) is 3. The van der Waals surface area contributed by atoms with Crippen LogP contribution in [0.25, 0.3) is 11.4 Å². The zero-order valence-corrected chi connectivity index (χ0v) is 9.86. The van der Waals surface area contributed by atoms with E-state index in [4.69, 9.17) is 0 Å². The summed E-state index contributed by atoms with van der Waals surface area (Å²) in [6, 6.07) is 8.23. The van der Waals surface area contributed by atoms with Crippen molar-refractivity contribution >= 4 is 0 Å². The Balaban J connectivity index is 2.37. The molecule has 0 aliphatic carbocycles. The van der Waals surface area contributed by atoms with Crippen LogP contribution in [0.15, 0.2) is 24.3 Å². The number of aromatic nitrogens is 3. The lowest BCUT2D eigenvalue weighted by Crippen LogP contribution is -2.10. The van der Waals surface area contributed by atoms with E-state index >= 15 is 0 Å². The summed E-state index contributed by atoms with van der Waals surface area (Å²) in [6.07, 6.45) is 0. The molecule has 0 aliphatic heterocycles. The zero-order chi connectivity index (χ0) is 11.5. The summed E-state index contributed by atoms with van der Waals surface area (Å²) >= 11 is 0. The molecule has 1 heterocycles. The van der Waals surface area contributed by atoms with Gasteiger partial charge >= 0.3 is 0 Å². The van der Waals surface area contributed by atoms with Crippen molar-refractivity contribution in [2.75, 3.05) is 7.05 Å². The first-order valence-corrected chi connectivity index (χ1v) is 5.32. The average Bonchev–Trinajstić information content (AvgIpc) is 2.61. The van der Waals surface area contributed by atoms with E-state index in [1.54, 1.807) is 0 Å². The van der Waals surface area contributed by atoms with E-state index in [0.717, 1.165) is 23.8 Å². The summed E-state index contributed by atoms with van der Waals surface area (Å²) in [4.78, 5) is 4.50. The van der Waals surface area contributed by atoms with Gasteiger partial charge in [0.15, 0.2) is 5.82 Å². The first kappa shape index (κ1) is 10.8. The van der Waals surface area contributed by atoms with Crippen LogP contribution in [0.3, 0.4) is 0 Å². The maximum atomic E-state index is 4.50. The molecule has 0 radical (unpaired) electrons. The van der Waals surface area contributed by atoms with Crippen LogP contribution in [0, 0.1) is 6.92 Å². The van der Waals surface area contributed by atoms with Gasteiger partial charge in [-0.1, -0.05) is 23.8 Å². The fourth-order valence-corrected chi connectivity index (χ4v) is 1.64. The fraction of sp³-hybridized carbons (Fsp3) is 0.333. The Hall–Kier alpha value is -1.68. The second kappa shape index (κ2) is 4.45. The van der Waals surface area contributed by atoms with Crippen LogP contribution >= 0.6 is 0 Å². The molecular weight excluding hydrogens is 200 g/mol. The molecule has 4 heteroatoms. The minimum Gasteiger partial charge on any atom is -0.313 e. The molecule has 84 valence electrons. The van der Waals surface area contributed by atoms with Crippen LogP contribution in [0.4, 0.5) is 0 Å². The van der Waals surface area contributed by atoms with Gasteiger partial charge in [0, 0.05) is 12.6 Å². The van der Waals surface area contributed by atoms with Crippen molar-refractivity contribution in [3.63, 3.8) is 0 Å². The van der Waals surface area contributed by atoms with Crippen LogP contribution in [0.2, 0.25) is 0 Å². The first-order valence-electron chi connectivity index (χ1n) is 5.32. The minimum atomic E-state index is 0.731. The van der Waals surface area contributed by atoms with Gasteiger partial charge in [-0.2, -0.15) is 5.10 Å². The molecule has 0 saturated heterocycles.